The summed E-state index contributed by atoms with van der Waals surface area (Å²) < 4.78 is 10.6. The number of hydrogen-bond donors (Lipinski definition) is 0. The molecule has 4 fully saturated rings. The molecule has 0 bridgehead atoms. The first kappa shape index (κ1) is 51.8. The molecule has 2 heterocycles. The summed E-state index contributed by atoms with van der Waals surface area (Å²) in [4.78, 5) is 0. The molecule has 0 aromatic heterocycles. The Hall–Kier alpha value is 2.93. The standard InChI is InChI=1S/C9H16B.C8H14BO.C8H14B.C7H12BO.4W/c1-6-4-7(2)8(3)9(10)5-6;1-5-4-6(2)10-8(9)7(5)3;1-5-4-8(9)7(3)6(5)2;1-4-5(2)7(8)9-6(4)3;;;;/h6-9H,1,4-5H2,2-3H3;5-8H,2,4H2,1,3H3;5-8H,1,4H2,2-3H3;4-7H,3H2,1-2H3;;;;/q4*-1;;;;/t6?,7-,8?,9?;5-,6?,7?,8?;5?,6-,7?,8?;4-,5?,6?,7?;;;;/m0001..../s1. The van der Waals surface area contributed by atoms with Crippen LogP contribution in [0, 0.1) is 86.9 Å². The van der Waals surface area contributed by atoms with E-state index in [0.717, 1.165) is 31.1 Å². The van der Waals surface area contributed by atoms with Crippen LogP contribution in [0.15, 0.2) is 0 Å². The van der Waals surface area contributed by atoms with E-state index in [1.54, 1.807) is 0 Å². The van der Waals surface area contributed by atoms with Gasteiger partial charge in [-0.2, -0.15) is 11.8 Å². The van der Waals surface area contributed by atoms with E-state index in [9.17, 15) is 0 Å². The van der Waals surface area contributed by atoms with Gasteiger partial charge in [0.2, 0.25) is 0 Å². The van der Waals surface area contributed by atoms with E-state index in [1.165, 1.54) is 6.42 Å². The summed E-state index contributed by atoms with van der Waals surface area (Å²) in [6.07, 6.45) is 4.72. The van der Waals surface area contributed by atoms with Crippen LogP contribution in [0.4, 0.5) is 0 Å². The van der Waals surface area contributed by atoms with E-state index < -0.39 is 0 Å². The fourth-order valence-corrected chi connectivity index (χ4v) is 5.90. The van der Waals surface area contributed by atoms with E-state index >= 15 is 0 Å². The molecule has 2 saturated heterocycles. The first-order valence-electron chi connectivity index (χ1n) is 15.1. The molecule has 236 valence electrons. The average molecular weight is 1250 g/mol. The second kappa shape index (κ2) is 25.0. The fraction of sp³-hybridized carbons (Fsp3) is 0.875. The van der Waals surface area contributed by atoms with Crippen LogP contribution in [0.5, 0.6) is 0 Å². The second-order valence-corrected chi connectivity index (χ2v) is 13.4. The second-order valence-electron chi connectivity index (χ2n) is 13.4. The summed E-state index contributed by atoms with van der Waals surface area (Å²) in [5.74, 6) is 6.92. The van der Waals surface area contributed by atoms with Gasteiger partial charge in [0.05, 0.1) is 15.7 Å². The van der Waals surface area contributed by atoms with Gasteiger partial charge in [-0.15, -0.1) is 0 Å². The number of rotatable bonds is 0. The van der Waals surface area contributed by atoms with E-state index in [0.29, 0.717) is 59.0 Å². The van der Waals surface area contributed by atoms with E-state index in [-0.39, 0.29) is 108 Å². The third-order valence-electron chi connectivity index (χ3n) is 10.4. The predicted molar refractivity (Wildman–Crippen MR) is 168 cm³/mol. The van der Waals surface area contributed by atoms with Crippen molar-refractivity contribution >= 4 is 31.4 Å². The molecule has 0 amide bonds. The van der Waals surface area contributed by atoms with Crippen molar-refractivity contribution in [2.75, 3.05) is 0 Å². The average Bonchev–Trinajstić information content (AvgIpc) is 3.19. The maximum Gasteiger partial charge on any atom is 0.109 e. The minimum Gasteiger partial charge on any atom is -0.416 e. The minimum atomic E-state index is -0.105. The van der Waals surface area contributed by atoms with Crippen LogP contribution < -0.4 is 0 Å². The molecule has 0 N–H and O–H groups in total. The van der Waals surface area contributed by atoms with Crippen molar-refractivity contribution in [1.29, 1.82) is 0 Å². The van der Waals surface area contributed by atoms with Crippen molar-refractivity contribution in [2.45, 2.75) is 117 Å². The molecule has 0 aromatic rings. The molecule has 16 atom stereocenters. The van der Waals surface area contributed by atoms with Crippen molar-refractivity contribution in [2.24, 2.45) is 59.2 Å². The Morgan fingerprint density at radius 1 is 0.476 bits per heavy atom. The summed E-state index contributed by atoms with van der Waals surface area (Å²) in [5, 5.41) is 0. The Balaban J connectivity index is -0.000000222. The maximum absolute atomic E-state index is 5.92. The smallest absolute Gasteiger partial charge is 0.109 e. The number of ether oxygens (including phenoxy) is 2. The SMILES string of the molecule is [B]C1CC([CH2-])C[C@H](C)C1C.[B]C1CC([CH2-])[C@H](C)C1C.[B]C1OC([CH2-])C[C@H](C)C1C.[B]C1OC([CH2-])[C@H](C)C1C.[W].[W].[W].[W]. The van der Waals surface area contributed by atoms with E-state index in [1.807, 2.05) is 0 Å². The van der Waals surface area contributed by atoms with Crippen LogP contribution in [0.3, 0.4) is 0 Å². The zero-order valence-corrected chi connectivity index (χ0v) is 39.4. The van der Waals surface area contributed by atoms with Crippen LogP contribution in [0.1, 0.15) is 81.1 Å². The monoisotopic (exact) mass is 1250 g/mol. The molecule has 8 radical (unpaired) electrons. The Morgan fingerprint density at radius 3 is 1.21 bits per heavy atom. The molecule has 4 rings (SSSR count). The molecule has 10 heteroatoms. The normalized spacial score (nSPS) is 45.6. The van der Waals surface area contributed by atoms with Gasteiger partial charge in [-0.3, -0.25) is 0 Å². The van der Waals surface area contributed by atoms with Gasteiger partial charge < -0.3 is 37.2 Å². The molecular weight excluding hydrogens is 1190 g/mol. The predicted octanol–water partition coefficient (Wildman–Crippen LogP) is 6.88. The van der Waals surface area contributed by atoms with Gasteiger partial charge in [-0.05, 0) is 41.4 Å². The van der Waals surface area contributed by atoms with E-state index in [4.69, 9.17) is 40.9 Å². The summed E-state index contributed by atoms with van der Waals surface area (Å²) in [5.41, 5.74) is 0. The van der Waals surface area contributed by atoms with Crippen molar-refractivity contribution in [3.05, 3.63) is 27.7 Å². The van der Waals surface area contributed by atoms with Gasteiger partial charge >= 0.3 is 0 Å². The van der Waals surface area contributed by atoms with Crippen molar-refractivity contribution in [1.82, 2.24) is 0 Å². The summed E-state index contributed by atoms with van der Waals surface area (Å²) in [6, 6.07) is -0.200. The van der Waals surface area contributed by atoms with Gasteiger partial charge in [0.25, 0.3) is 0 Å². The zero-order valence-electron chi connectivity index (χ0n) is 27.7. The quantitative estimate of drug-likeness (QED) is 0.195. The first-order chi connectivity index (χ1) is 17.5. The Morgan fingerprint density at radius 2 is 0.929 bits per heavy atom. The zero-order chi connectivity index (χ0) is 29.5. The molecule has 2 aliphatic carbocycles. The Labute approximate surface area is 325 Å². The van der Waals surface area contributed by atoms with Crippen molar-refractivity contribution < 1.29 is 93.7 Å². The van der Waals surface area contributed by atoms with Crippen molar-refractivity contribution in [3.8, 4) is 0 Å². The Kier molecular flexibility index (Phi) is 30.8. The van der Waals surface area contributed by atoms with Gasteiger partial charge in [-0.25, -0.2) is 0 Å². The molecule has 12 unspecified atom stereocenters. The molecular formula is C32H56B4O2W4-4. The molecule has 2 saturated carbocycles. The van der Waals surface area contributed by atoms with Crippen LogP contribution in [0.2, 0.25) is 11.6 Å². The Bertz CT molecular complexity index is 568. The topological polar surface area (TPSA) is 18.5 Å². The van der Waals surface area contributed by atoms with Crippen molar-refractivity contribution in [3.63, 3.8) is 0 Å². The third kappa shape index (κ3) is 16.9. The first-order valence-corrected chi connectivity index (χ1v) is 15.1. The fourth-order valence-electron chi connectivity index (χ4n) is 5.90. The van der Waals surface area contributed by atoms with Crippen LogP contribution in [-0.2, 0) is 93.7 Å². The van der Waals surface area contributed by atoms with Gasteiger partial charge in [-0.1, -0.05) is 111 Å². The van der Waals surface area contributed by atoms with Crippen LogP contribution in [-0.4, -0.2) is 55.6 Å². The molecule has 2 aliphatic heterocycles. The van der Waals surface area contributed by atoms with Gasteiger partial charge in [0.1, 0.15) is 15.7 Å². The molecule has 4 aliphatic rings. The van der Waals surface area contributed by atoms with Gasteiger partial charge in [0.15, 0.2) is 0 Å². The summed E-state index contributed by atoms with van der Waals surface area (Å²) >= 11 is 0. The molecule has 0 aromatic carbocycles. The molecule has 0 spiro atoms. The maximum atomic E-state index is 5.92. The summed E-state index contributed by atoms with van der Waals surface area (Å²) in [7, 11) is 23.0. The van der Waals surface area contributed by atoms with Crippen LogP contribution in [0.25, 0.3) is 0 Å². The molecule has 42 heavy (non-hydrogen) atoms. The summed E-state index contributed by atoms with van der Waals surface area (Å²) in [6.45, 7) is 33.3. The largest absolute Gasteiger partial charge is 0.416 e. The van der Waals surface area contributed by atoms with E-state index in [2.05, 4.69) is 83.1 Å². The van der Waals surface area contributed by atoms with Crippen LogP contribution >= 0.6 is 0 Å². The minimum absolute atomic E-state index is 0. The van der Waals surface area contributed by atoms with Gasteiger partial charge in [0, 0.05) is 96.3 Å². The molecule has 2 nitrogen and oxygen atoms in total. The third-order valence-corrected chi connectivity index (χ3v) is 10.4. The number of hydrogen-bond acceptors (Lipinski definition) is 2.